The van der Waals surface area contributed by atoms with Crippen molar-refractivity contribution in [3.05, 3.63) is 35.9 Å². The van der Waals surface area contributed by atoms with E-state index in [0.717, 1.165) is 52.0 Å². The summed E-state index contributed by atoms with van der Waals surface area (Å²) >= 11 is 0. The molecule has 4 rings (SSSR count). The number of carbonyl (C=O) groups excluding carboxylic acids is 2. The number of hydrogen-bond donors (Lipinski definition) is 1. The Morgan fingerprint density at radius 1 is 1.18 bits per heavy atom. The highest BCUT2D eigenvalue weighted by Crippen LogP contribution is 2.40. The van der Waals surface area contributed by atoms with Crippen LogP contribution >= 0.6 is 0 Å². The van der Waals surface area contributed by atoms with Gasteiger partial charge in [-0.25, -0.2) is 0 Å². The van der Waals surface area contributed by atoms with Crippen LogP contribution < -0.4 is 5.32 Å². The molecule has 1 atom stereocenters. The van der Waals surface area contributed by atoms with E-state index in [4.69, 9.17) is 4.74 Å². The minimum atomic E-state index is 0.144. The molecule has 1 N–H and O–H groups in total. The Morgan fingerprint density at radius 3 is 2.68 bits per heavy atom. The molecule has 1 aromatic carbocycles. The second kappa shape index (κ2) is 8.62. The number of nitrogens with one attached hydrogen (secondary N) is 1. The van der Waals surface area contributed by atoms with E-state index in [9.17, 15) is 9.59 Å². The minimum absolute atomic E-state index is 0.144. The molecule has 1 spiro atoms. The molecule has 0 bridgehead atoms. The largest absolute Gasteiger partial charge is 0.378 e. The summed E-state index contributed by atoms with van der Waals surface area (Å²) in [5.74, 6) is 0.488. The van der Waals surface area contributed by atoms with Crippen molar-refractivity contribution in [3.63, 3.8) is 0 Å². The fourth-order valence-corrected chi connectivity index (χ4v) is 4.78. The number of ether oxygens (including phenoxy) is 1. The van der Waals surface area contributed by atoms with Gasteiger partial charge in [0, 0.05) is 51.6 Å². The first-order chi connectivity index (χ1) is 13.6. The minimum Gasteiger partial charge on any atom is -0.378 e. The summed E-state index contributed by atoms with van der Waals surface area (Å²) in [6.45, 7) is 5.30. The molecule has 6 heteroatoms. The first-order valence-corrected chi connectivity index (χ1v) is 10.5. The average Bonchev–Trinajstić information content (AvgIpc) is 2.73. The van der Waals surface area contributed by atoms with E-state index >= 15 is 0 Å². The Bertz CT molecular complexity index is 680. The van der Waals surface area contributed by atoms with Gasteiger partial charge in [0.25, 0.3) is 0 Å². The molecular formula is C22H31N3O3. The van der Waals surface area contributed by atoms with E-state index in [2.05, 4.69) is 17.4 Å². The summed E-state index contributed by atoms with van der Waals surface area (Å²) in [5, 5.41) is 3.36. The van der Waals surface area contributed by atoms with Crippen LogP contribution in [0.25, 0.3) is 0 Å². The van der Waals surface area contributed by atoms with Gasteiger partial charge in [-0.1, -0.05) is 30.3 Å². The lowest BCUT2D eigenvalue weighted by molar-refractivity contribution is -0.143. The van der Waals surface area contributed by atoms with Gasteiger partial charge < -0.3 is 19.9 Å². The van der Waals surface area contributed by atoms with Crippen LogP contribution in [0, 0.1) is 5.41 Å². The highest BCUT2D eigenvalue weighted by atomic mass is 16.5. The third kappa shape index (κ3) is 4.55. The predicted molar refractivity (Wildman–Crippen MR) is 107 cm³/mol. The Balaban J connectivity index is 1.31. The maximum atomic E-state index is 12.7. The Morgan fingerprint density at radius 2 is 1.96 bits per heavy atom. The Kier molecular flexibility index (Phi) is 5.97. The molecule has 3 aliphatic heterocycles. The molecule has 2 amide bonds. The number of rotatable bonds is 4. The average molecular weight is 386 g/mol. The molecule has 3 fully saturated rings. The van der Waals surface area contributed by atoms with Crippen molar-refractivity contribution in [1.82, 2.24) is 15.1 Å². The third-order valence-electron chi connectivity index (χ3n) is 6.56. The quantitative estimate of drug-likeness (QED) is 0.859. The van der Waals surface area contributed by atoms with Gasteiger partial charge in [-0.3, -0.25) is 9.59 Å². The number of benzene rings is 1. The van der Waals surface area contributed by atoms with Gasteiger partial charge in [0.2, 0.25) is 11.8 Å². The molecule has 28 heavy (non-hydrogen) atoms. The van der Waals surface area contributed by atoms with Crippen LogP contribution in [0.4, 0.5) is 0 Å². The number of morpholine rings is 1. The Hall–Kier alpha value is -1.92. The van der Waals surface area contributed by atoms with Crippen molar-refractivity contribution in [1.29, 1.82) is 0 Å². The lowest BCUT2D eigenvalue weighted by atomic mass is 9.72. The van der Waals surface area contributed by atoms with E-state index in [0.29, 0.717) is 26.0 Å². The first kappa shape index (κ1) is 19.4. The van der Waals surface area contributed by atoms with Gasteiger partial charge in [0.1, 0.15) is 0 Å². The molecule has 0 saturated carbocycles. The standard InChI is InChI=1S/C22H31N3O3/c26-20-6-7-22(17-25(20)15-18-4-2-1-3-5-18)8-11-24(12-9-22)21(27)14-19-16-28-13-10-23-19/h1-5,19,23H,6-17H2. The smallest absolute Gasteiger partial charge is 0.224 e. The number of piperidine rings is 2. The lowest BCUT2D eigenvalue weighted by Crippen LogP contribution is -2.53. The van der Waals surface area contributed by atoms with Crippen LogP contribution in [0.1, 0.15) is 37.7 Å². The van der Waals surface area contributed by atoms with Gasteiger partial charge in [-0.2, -0.15) is 0 Å². The molecule has 3 heterocycles. The van der Waals surface area contributed by atoms with Crippen LogP contribution in [0.5, 0.6) is 0 Å². The molecule has 6 nitrogen and oxygen atoms in total. The van der Waals surface area contributed by atoms with Gasteiger partial charge in [-0.15, -0.1) is 0 Å². The van der Waals surface area contributed by atoms with Crippen molar-refractivity contribution in [2.24, 2.45) is 5.41 Å². The maximum Gasteiger partial charge on any atom is 0.224 e. The van der Waals surface area contributed by atoms with Gasteiger partial charge in [0.05, 0.1) is 13.2 Å². The fraction of sp³-hybridized carbons (Fsp3) is 0.636. The van der Waals surface area contributed by atoms with Crippen LogP contribution in [-0.2, 0) is 20.9 Å². The van der Waals surface area contributed by atoms with Crippen LogP contribution in [0.2, 0.25) is 0 Å². The van der Waals surface area contributed by atoms with Gasteiger partial charge in [-0.05, 0) is 30.2 Å². The highest BCUT2D eigenvalue weighted by molar-refractivity contribution is 5.78. The molecule has 1 unspecified atom stereocenters. The summed E-state index contributed by atoms with van der Waals surface area (Å²) in [6.07, 6.45) is 4.09. The summed E-state index contributed by atoms with van der Waals surface area (Å²) in [7, 11) is 0. The molecule has 0 aromatic heterocycles. The zero-order valence-corrected chi connectivity index (χ0v) is 16.6. The zero-order chi connectivity index (χ0) is 19.4. The number of nitrogens with zero attached hydrogens (tertiary/aromatic N) is 2. The van der Waals surface area contributed by atoms with E-state index in [1.165, 1.54) is 5.56 Å². The molecule has 1 aromatic rings. The fourth-order valence-electron chi connectivity index (χ4n) is 4.78. The monoisotopic (exact) mass is 385 g/mol. The normalized spacial score (nSPS) is 25.1. The van der Waals surface area contributed by atoms with E-state index in [-0.39, 0.29) is 23.3 Å². The number of carbonyl (C=O) groups is 2. The van der Waals surface area contributed by atoms with Crippen LogP contribution in [0.3, 0.4) is 0 Å². The molecule has 3 aliphatic rings. The van der Waals surface area contributed by atoms with E-state index < -0.39 is 0 Å². The maximum absolute atomic E-state index is 12.7. The zero-order valence-electron chi connectivity index (χ0n) is 16.6. The second-order valence-corrected chi connectivity index (χ2v) is 8.55. The van der Waals surface area contributed by atoms with Crippen LogP contribution in [-0.4, -0.2) is 67.0 Å². The number of likely N-dealkylation sites (tertiary alicyclic amines) is 2. The van der Waals surface area contributed by atoms with Crippen molar-refractivity contribution in [3.8, 4) is 0 Å². The SMILES string of the molecule is O=C(CC1COCCN1)N1CCC2(CCC(=O)N(Cc3ccccc3)C2)CC1. The first-order valence-electron chi connectivity index (χ1n) is 10.5. The second-order valence-electron chi connectivity index (χ2n) is 8.55. The summed E-state index contributed by atoms with van der Waals surface area (Å²) in [6, 6.07) is 10.4. The number of hydrogen-bond acceptors (Lipinski definition) is 4. The molecular weight excluding hydrogens is 354 g/mol. The van der Waals surface area contributed by atoms with E-state index in [1.54, 1.807) is 0 Å². The third-order valence-corrected chi connectivity index (χ3v) is 6.56. The lowest BCUT2D eigenvalue weighted by Gasteiger charge is -2.47. The van der Waals surface area contributed by atoms with Gasteiger partial charge in [0.15, 0.2) is 0 Å². The summed E-state index contributed by atoms with van der Waals surface area (Å²) in [4.78, 5) is 29.2. The Labute approximate surface area is 167 Å². The van der Waals surface area contributed by atoms with Crippen LogP contribution in [0.15, 0.2) is 30.3 Å². The van der Waals surface area contributed by atoms with Gasteiger partial charge >= 0.3 is 0 Å². The molecule has 0 radical (unpaired) electrons. The molecule has 152 valence electrons. The topological polar surface area (TPSA) is 61.9 Å². The summed E-state index contributed by atoms with van der Waals surface area (Å²) in [5.41, 5.74) is 1.36. The summed E-state index contributed by atoms with van der Waals surface area (Å²) < 4.78 is 5.46. The van der Waals surface area contributed by atoms with Crippen molar-refractivity contribution < 1.29 is 14.3 Å². The molecule has 3 saturated heterocycles. The van der Waals surface area contributed by atoms with Crippen molar-refractivity contribution in [2.45, 2.75) is 44.7 Å². The predicted octanol–water partition coefficient (Wildman–Crippen LogP) is 1.80. The van der Waals surface area contributed by atoms with Crippen molar-refractivity contribution in [2.75, 3.05) is 39.4 Å². The number of amides is 2. The highest BCUT2D eigenvalue weighted by Gasteiger charge is 2.41. The molecule has 0 aliphatic carbocycles. The van der Waals surface area contributed by atoms with Crippen molar-refractivity contribution >= 4 is 11.8 Å². The van der Waals surface area contributed by atoms with E-state index in [1.807, 2.05) is 28.0 Å².